The van der Waals surface area contributed by atoms with Crippen LogP contribution in [0.1, 0.15) is 33.1 Å². The molecule has 3 atom stereocenters. The average molecular weight is 201 g/mol. The van der Waals surface area contributed by atoms with E-state index in [4.69, 9.17) is 9.47 Å². The first-order valence-corrected chi connectivity index (χ1v) is 5.55. The summed E-state index contributed by atoms with van der Waals surface area (Å²) in [7, 11) is 3.92. The van der Waals surface area contributed by atoms with Crippen molar-refractivity contribution in [1.29, 1.82) is 0 Å². The Balaban J connectivity index is 2.43. The molecule has 1 heterocycles. The maximum atomic E-state index is 5.65. The normalized spacial score (nSPS) is 33.6. The van der Waals surface area contributed by atoms with Crippen LogP contribution < -0.4 is 0 Å². The molecule has 0 bridgehead atoms. The van der Waals surface area contributed by atoms with Gasteiger partial charge < -0.3 is 14.4 Å². The molecule has 0 aliphatic carbocycles. The summed E-state index contributed by atoms with van der Waals surface area (Å²) in [6.07, 6.45) is 3.63. The fourth-order valence-electron chi connectivity index (χ4n) is 2.12. The van der Waals surface area contributed by atoms with E-state index < -0.39 is 0 Å². The van der Waals surface area contributed by atoms with E-state index >= 15 is 0 Å². The summed E-state index contributed by atoms with van der Waals surface area (Å²) in [4.78, 5) is 2.42. The van der Waals surface area contributed by atoms with E-state index in [2.05, 4.69) is 25.8 Å². The van der Waals surface area contributed by atoms with Crippen molar-refractivity contribution in [3.63, 3.8) is 0 Å². The Morgan fingerprint density at radius 2 is 2.14 bits per heavy atom. The van der Waals surface area contributed by atoms with Gasteiger partial charge in [-0.2, -0.15) is 0 Å². The Bertz CT molecular complexity index is 163. The van der Waals surface area contributed by atoms with Gasteiger partial charge in [0, 0.05) is 19.6 Å². The van der Waals surface area contributed by atoms with Crippen LogP contribution >= 0.6 is 0 Å². The zero-order valence-corrected chi connectivity index (χ0v) is 9.82. The van der Waals surface area contributed by atoms with Crippen LogP contribution in [0.15, 0.2) is 0 Å². The summed E-state index contributed by atoms with van der Waals surface area (Å²) in [5.41, 5.74) is 0. The molecule has 0 unspecified atom stereocenters. The van der Waals surface area contributed by atoms with Crippen LogP contribution in [-0.4, -0.2) is 44.0 Å². The SMILES string of the molecule is CCCN(C)[C@@H]1C[C@H](OC)O[C@H](C)C1. The summed E-state index contributed by atoms with van der Waals surface area (Å²) >= 11 is 0. The fraction of sp³-hybridized carbons (Fsp3) is 1.00. The number of methoxy groups -OCH3 is 1. The zero-order valence-electron chi connectivity index (χ0n) is 9.82. The Kier molecular flexibility index (Phi) is 4.85. The van der Waals surface area contributed by atoms with E-state index in [-0.39, 0.29) is 6.29 Å². The molecule has 0 spiro atoms. The third-order valence-electron chi connectivity index (χ3n) is 2.92. The number of rotatable bonds is 4. The molecular formula is C11H23NO2. The van der Waals surface area contributed by atoms with Crippen molar-refractivity contribution in [3.8, 4) is 0 Å². The minimum atomic E-state index is -0.0111. The maximum Gasteiger partial charge on any atom is 0.159 e. The van der Waals surface area contributed by atoms with Gasteiger partial charge in [0.2, 0.25) is 0 Å². The fourth-order valence-corrected chi connectivity index (χ4v) is 2.12. The molecule has 1 aliphatic heterocycles. The monoisotopic (exact) mass is 201 g/mol. The van der Waals surface area contributed by atoms with Crippen molar-refractivity contribution < 1.29 is 9.47 Å². The van der Waals surface area contributed by atoms with Gasteiger partial charge in [-0.15, -0.1) is 0 Å². The van der Waals surface area contributed by atoms with Crippen molar-refractivity contribution in [3.05, 3.63) is 0 Å². The molecule has 1 aliphatic rings. The lowest BCUT2D eigenvalue weighted by Crippen LogP contribution is -2.44. The van der Waals surface area contributed by atoms with Gasteiger partial charge in [0.25, 0.3) is 0 Å². The predicted octanol–water partition coefficient (Wildman–Crippen LogP) is 1.87. The van der Waals surface area contributed by atoms with Gasteiger partial charge in [-0.05, 0) is 33.4 Å². The number of ether oxygens (including phenoxy) is 2. The third-order valence-corrected chi connectivity index (χ3v) is 2.92. The molecule has 0 saturated carbocycles. The van der Waals surface area contributed by atoms with E-state index in [9.17, 15) is 0 Å². The summed E-state index contributed by atoms with van der Waals surface area (Å²) in [5, 5.41) is 0. The second kappa shape index (κ2) is 5.69. The van der Waals surface area contributed by atoms with Gasteiger partial charge in [0.1, 0.15) is 0 Å². The lowest BCUT2D eigenvalue weighted by Gasteiger charge is -2.37. The van der Waals surface area contributed by atoms with Crippen LogP contribution in [-0.2, 0) is 9.47 Å². The maximum absolute atomic E-state index is 5.65. The first-order chi connectivity index (χ1) is 6.67. The van der Waals surface area contributed by atoms with E-state index in [0.29, 0.717) is 12.1 Å². The van der Waals surface area contributed by atoms with E-state index in [1.165, 1.54) is 6.42 Å². The molecule has 1 fully saturated rings. The summed E-state index contributed by atoms with van der Waals surface area (Å²) in [5.74, 6) is 0. The molecule has 0 N–H and O–H groups in total. The highest BCUT2D eigenvalue weighted by atomic mass is 16.7. The summed E-state index contributed by atoms with van der Waals surface area (Å²) in [6, 6.07) is 0.614. The molecular weight excluding hydrogens is 178 g/mol. The number of hydrogen-bond donors (Lipinski definition) is 0. The topological polar surface area (TPSA) is 21.7 Å². The first-order valence-electron chi connectivity index (χ1n) is 5.55. The van der Waals surface area contributed by atoms with Crippen molar-refractivity contribution in [2.75, 3.05) is 20.7 Å². The molecule has 3 heteroatoms. The van der Waals surface area contributed by atoms with Gasteiger partial charge in [-0.3, -0.25) is 0 Å². The zero-order chi connectivity index (χ0) is 10.6. The second-order valence-corrected chi connectivity index (χ2v) is 4.22. The van der Waals surface area contributed by atoms with Crippen LogP contribution in [0.4, 0.5) is 0 Å². The van der Waals surface area contributed by atoms with Gasteiger partial charge in [-0.25, -0.2) is 0 Å². The predicted molar refractivity (Wildman–Crippen MR) is 57.3 cm³/mol. The van der Waals surface area contributed by atoms with Crippen LogP contribution in [0.5, 0.6) is 0 Å². The molecule has 1 rings (SSSR count). The highest BCUT2D eigenvalue weighted by Crippen LogP contribution is 2.23. The molecule has 0 aromatic carbocycles. The van der Waals surface area contributed by atoms with E-state index in [0.717, 1.165) is 19.4 Å². The minimum Gasteiger partial charge on any atom is -0.356 e. The van der Waals surface area contributed by atoms with Crippen molar-refractivity contribution in [2.24, 2.45) is 0 Å². The largest absolute Gasteiger partial charge is 0.356 e. The van der Waals surface area contributed by atoms with Crippen LogP contribution in [0.2, 0.25) is 0 Å². The van der Waals surface area contributed by atoms with Gasteiger partial charge >= 0.3 is 0 Å². The molecule has 0 amide bonds. The average Bonchev–Trinajstić information content (AvgIpc) is 2.17. The molecule has 0 aromatic heterocycles. The summed E-state index contributed by atoms with van der Waals surface area (Å²) in [6.45, 7) is 5.50. The van der Waals surface area contributed by atoms with Gasteiger partial charge in [0.05, 0.1) is 6.10 Å². The van der Waals surface area contributed by atoms with Crippen LogP contribution in [0, 0.1) is 0 Å². The van der Waals surface area contributed by atoms with Gasteiger partial charge in [-0.1, -0.05) is 6.92 Å². The van der Waals surface area contributed by atoms with Crippen molar-refractivity contribution >= 4 is 0 Å². The quantitative estimate of drug-likeness (QED) is 0.693. The van der Waals surface area contributed by atoms with E-state index in [1.54, 1.807) is 7.11 Å². The van der Waals surface area contributed by atoms with Crippen LogP contribution in [0.25, 0.3) is 0 Å². The minimum absolute atomic E-state index is 0.0111. The Labute approximate surface area is 87.4 Å². The lowest BCUT2D eigenvalue weighted by molar-refractivity contribution is -0.189. The smallest absolute Gasteiger partial charge is 0.159 e. The van der Waals surface area contributed by atoms with E-state index in [1.807, 2.05) is 0 Å². The molecule has 3 nitrogen and oxygen atoms in total. The Hall–Kier alpha value is -0.120. The highest BCUT2D eigenvalue weighted by molar-refractivity contribution is 4.77. The molecule has 0 aromatic rings. The first kappa shape index (κ1) is 12.0. The summed E-state index contributed by atoms with van der Waals surface area (Å²) < 4.78 is 10.9. The molecule has 0 radical (unpaired) electrons. The Morgan fingerprint density at radius 1 is 1.43 bits per heavy atom. The third kappa shape index (κ3) is 3.23. The lowest BCUT2D eigenvalue weighted by atomic mass is 10.0. The number of hydrogen-bond acceptors (Lipinski definition) is 3. The standard InChI is InChI=1S/C11H23NO2/c1-5-6-12(3)10-7-9(2)14-11(8-10)13-4/h9-11H,5-8H2,1-4H3/t9-,10+,11-/m1/s1. The second-order valence-electron chi connectivity index (χ2n) is 4.22. The Morgan fingerprint density at radius 3 is 2.71 bits per heavy atom. The molecule has 84 valence electrons. The van der Waals surface area contributed by atoms with Crippen LogP contribution in [0.3, 0.4) is 0 Å². The van der Waals surface area contributed by atoms with Gasteiger partial charge in [0.15, 0.2) is 6.29 Å². The molecule has 14 heavy (non-hydrogen) atoms. The van der Waals surface area contributed by atoms with Crippen molar-refractivity contribution in [1.82, 2.24) is 4.90 Å². The molecule has 1 saturated heterocycles. The number of nitrogens with zero attached hydrogens (tertiary/aromatic N) is 1. The highest BCUT2D eigenvalue weighted by Gasteiger charge is 2.28. The van der Waals surface area contributed by atoms with Crippen molar-refractivity contribution in [2.45, 2.75) is 51.5 Å².